The number of nitrogens with one attached hydrogen (secondary N) is 1. The summed E-state index contributed by atoms with van der Waals surface area (Å²) < 4.78 is 5.36. The maximum Gasteiger partial charge on any atom is 0.320 e. The lowest BCUT2D eigenvalue weighted by atomic mass is 9.99. The van der Waals surface area contributed by atoms with Gasteiger partial charge in [-0.25, -0.2) is 4.79 Å². The molecular formula is C14H25N3O3. The van der Waals surface area contributed by atoms with E-state index in [0.29, 0.717) is 32.2 Å². The molecule has 3 amide bonds. The molecule has 0 aromatic carbocycles. The average molecular weight is 283 g/mol. The minimum Gasteiger partial charge on any atom is -0.377 e. The van der Waals surface area contributed by atoms with E-state index in [1.807, 2.05) is 11.8 Å². The fourth-order valence-corrected chi connectivity index (χ4v) is 2.72. The molecule has 20 heavy (non-hydrogen) atoms. The summed E-state index contributed by atoms with van der Waals surface area (Å²) in [7, 11) is 0. The van der Waals surface area contributed by atoms with E-state index < -0.39 is 6.04 Å². The Morgan fingerprint density at radius 3 is 2.60 bits per heavy atom. The van der Waals surface area contributed by atoms with Gasteiger partial charge in [0, 0.05) is 26.2 Å². The largest absolute Gasteiger partial charge is 0.377 e. The van der Waals surface area contributed by atoms with Gasteiger partial charge < -0.3 is 19.9 Å². The van der Waals surface area contributed by atoms with E-state index in [2.05, 4.69) is 12.2 Å². The van der Waals surface area contributed by atoms with Gasteiger partial charge in [0.1, 0.15) is 6.04 Å². The first-order valence-corrected chi connectivity index (χ1v) is 7.54. The summed E-state index contributed by atoms with van der Waals surface area (Å²) in [4.78, 5) is 28.2. The van der Waals surface area contributed by atoms with Crippen molar-refractivity contribution >= 4 is 11.9 Å². The molecule has 0 aromatic rings. The van der Waals surface area contributed by atoms with Gasteiger partial charge in [0.2, 0.25) is 5.91 Å². The summed E-state index contributed by atoms with van der Waals surface area (Å²) in [5.74, 6) is 0.564. The molecule has 1 N–H and O–H groups in total. The quantitative estimate of drug-likeness (QED) is 0.810. The number of hydrogen-bond donors (Lipinski definition) is 1. The number of amides is 3. The van der Waals surface area contributed by atoms with E-state index >= 15 is 0 Å². The topological polar surface area (TPSA) is 61.9 Å². The van der Waals surface area contributed by atoms with Crippen LogP contribution in [0.1, 0.15) is 26.7 Å². The number of carbonyl (C=O) groups is 2. The lowest BCUT2D eigenvalue weighted by Crippen LogP contribution is -2.59. The highest BCUT2D eigenvalue weighted by Crippen LogP contribution is 2.19. The first-order chi connectivity index (χ1) is 9.63. The molecule has 114 valence electrons. The third-order valence-electron chi connectivity index (χ3n) is 4.08. The van der Waals surface area contributed by atoms with Crippen LogP contribution in [0.4, 0.5) is 4.79 Å². The number of morpholine rings is 1. The van der Waals surface area contributed by atoms with Gasteiger partial charge in [-0.1, -0.05) is 6.92 Å². The number of hydrogen-bond acceptors (Lipinski definition) is 3. The zero-order valence-corrected chi connectivity index (χ0v) is 12.4. The maximum absolute atomic E-state index is 12.6. The van der Waals surface area contributed by atoms with Crippen molar-refractivity contribution < 1.29 is 14.3 Å². The van der Waals surface area contributed by atoms with E-state index in [9.17, 15) is 9.59 Å². The highest BCUT2D eigenvalue weighted by molar-refractivity contribution is 5.87. The van der Waals surface area contributed by atoms with Gasteiger partial charge in [-0.2, -0.15) is 0 Å². The number of rotatable bonds is 2. The Bertz CT molecular complexity index is 354. The van der Waals surface area contributed by atoms with E-state index in [1.54, 1.807) is 4.90 Å². The van der Waals surface area contributed by atoms with Crippen LogP contribution in [0.3, 0.4) is 0 Å². The molecule has 6 heteroatoms. The van der Waals surface area contributed by atoms with Crippen LogP contribution in [0, 0.1) is 5.92 Å². The predicted molar refractivity (Wildman–Crippen MR) is 75.4 cm³/mol. The minimum absolute atomic E-state index is 0.0172. The molecule has 2 saturated heterocycles. The molecule has 0 radical (unpaired) electrons. The SMILES string of the molecule is CCNC(=O)C1COCCN1C(=O)N1CCC(C)CC1. The van der Waals surface area contributed by atoms with Crippen LogP contribution in [0.25, 0.3) is 0 Å². The Hall–Kier alpha value is -1.30. The van der Waals surface area contributed by atoms with Gasteiger partial charge >= 0.3 is 6.03 Å². The number of likely N-dealkylation sites (N-methyl/N-ethyl adjacent to an activating group) is 1. The number of urea groups is 1. The summed E-state index contributed by atoms with van der Waals surface area (Å²) in [5.41, 5.74) is 0. The summed E-state index contributed by atoms with van der Waals surface area (Å²) in [6.45, 7) is 7.53. The second-order valence-electron chi connectivity index (χ2n) is 5.63. The zero-order valence-electron chi connectivity index (χ0n) is 12.4. The van der Waals surface area contributed by atoms with Crippen LogP contribution in [0.5, 0.6) is 0 Å². The molecule has 2 aliphatic rings. The number of piperidine rings is 1. The fraction of sp³-hybridized carbons (Fsp3) is 0.857. The molecule has 1 unspecified atom stereocenters. The smallest absolute Gasteiger partial charge is 0.320 e. The van der Waals surface area contributed by atoms with E-state index in [1.165, 1.54) is 0 Å². The molecule has 0 aromatic heterocycles. The van der Waals surface area contributed by atoms with Crippen molar-refractivity contribution in [3.05, 3.63) is 0 Å². The highest BCUT2D eigenvalue weighted by Gasteiger charge is 2.35. The summed E-state index contributed by atoms with van der Waals surface area (Å²) in [6, 6.07) is -0.507. The highest BCUT2D eigenvalue weighted by atomic mass is 16.5. The molecule has 2 rings (SSSR count). The van der Waals surface area contributed by atoms with Crippen LogP contribution in [0.15, 0.2) is 0 Å². The van der Waals surface area contributed by atoms with Gasteiger partial charge in [-0.15, -0.1) is 0 Å². The molecule has 0 spiro atoms. The van der Waals surface area contributed by atoms with Gasteiger partial charge in [-0.05, 0) is 25.7 Å². The fourth-order valence-electron chi connectivity index (χ4n) is 2.72. The molecule has 0 saturated carbocycles. The number of ether oxygens (including phenoxy) is 1. The lowest BCUT2D eigenvalue weighted by molar-refractivity contribution is -0.130. The van der Waals surface area contributed by atoms with Crippen LogP contribution in [0.2, 0.25) is 0 Å². The zero-order chi connectivity index (χ0) is 14.5. The molecule has 0 bridgehead atoms. The number of likely N-dealkylation sites (tertiary alicyclic amines) is 1. The molecule has 2 fully saturated rings. The first-order valence-electron chi connectivity index (χ1n) is 7.54. The Balaban J connectivity index is 1.99. The minimum atomic E-state index is -0.490. The van der Waals surface area contributed by atoms with Gasteiger partial charge in [0.15, 0.2) is 0 Å². The van der Waals surface area contributed by atoms with Crippen LogP contribution >= 0.6 is 0 Å². The standard InChI is InChI=1S/C14H25N3O3/c1-3-15-13(18)12-10-20-9-8-17(12)14(19)16-6-4-11(2)5-7-16/h11-12H,3-10H2,1-2H3,(H,15,18). The van der Waals surface area contributed by atoms with E-state index in [4.69, 9.17) is 4.74 Å². The van der Waals surface area contributed by atoms with Crippen molar-refractivity contribution in [3.63, 3.8) is 0 Å². The Morgan fingerprint density at radius 2 is 1.95 bits per heavy atom. The summed E-state index contributed by atoms with van der Waals surface area (Å²) in [6.07, 6.45) is 2.09. The monoisotopic (exact) mass is 283 g/mol. The van der Waals surface area contributed by atoms with Crippen molar-refractivity contribution in [1.82, 2.24) is 15.1 Å². The normalized spacial score (nSPS) is 24.6. The summed E-state index contributed by atoms with van der Waals surface area (Å²) >= 11 is 0. The molecule has 2 aliphatic heterocycles. The second kappa shape index (κ2) is 6.92. The third-order valence-corrected chi connectivity index (χ3v) is 4.08. The lowest BCUT2D eigenvalue weighted by Gasteiger charge is -2.39. The molecular weight excluding hydrogens is 258 g/mol. The van der Waals surface area contributed by atoms with Crippen molar-refractivity contribution in [2.24, 2.45) is 5.92 Å². The van der Waals surface area contributed by atoms with Crippen molar-refractivity contribution in [2.75, 3.05) is 39.4 Å². The Kier molecular flexibility index (Phi) is 5.23. The van der Waals surface area contributed by atoms with Gasteiger partial charge in [-0.3, -0.25) is 4.79 Å². The first kappa shape index (κ1) is 15.1. The van der Waals surface area contributed by atoms with Gasteiger partial charge in [0.25, 0.3) is 0 Å². The third kappa shape index (κ3) is 3.42. The second-order valence-corrected chi connectivity index (χ2v) is 5.63. The predicted octanol–water partition coefficient (Wildman–Crippen LogP) is 0.675. The van der Waals surface area contributed by atoms with E-state index in [0.717, 1.165) is 25.9 Å². The summed E-state index contributed by atoms with van der Waals surface area (Å²) in [5, 5.41) is 2.78. The van der Waals surface area contributed by atoms with Crippen molar-refractivity contribution in [3.8, 4) is 0 Å². The molecule has 1 atom stereocenters. The molecule has 6 nitrogen and oxygen atoms in total. The van der Waals surface area contributed by atoms with Crippen LogP contribution in [-0.4, -0.2) is 67.2 Å². The average Bonchev–Trinajstić information content (AvgIpc) is 2.47. The number of carbonyl (C=O) groups excluding carboxylic acids is 2. The Labute approximate surface area is 120 Å². The molecule has 0 aliphatic carbocycles. The Morgan fingerprint density at radius 1 is 1.25 bits per heavy atom. The van der Waals surface area contributed by atoms with Crippen molar-refractivity contribution in [2.45, 2.75) is 32.7 Å². The van der Waals surface area contributed by atoms with Crippen LogP contribution in [-0.2, 0) is 9.53 Å². The van der Waals surface area contributed by atoms with Crippen molar-refractivity contribution in [1.29, 1.82) is 0 Å². The number of nitrogens with zero attached hydrogens (tertiary/aromatic N) is 2. The maximum atomic E-state index is 12.6. The van der Waals surface area contributed by atoms with Gasteiger partial charge in [0.05, 0.1) is 13.2 Å². The molecule has 2 heterocycles. The van der Waals surface area contributed by atoms with Crippen LogP contribution < -0.4 is 5.32 Å². The van der Waals surface area contributed by atoms with E-state index in [-0.39, 0.29) is 11.9 Å².